The molecule has 0 radical (unpaired) electrons. The van der Waals surface area contributed by atoms with Crippen molar-refractivity contribution in [3.63, 3.8) is 0 Å². The van der Waals surface area contributed by atoms with Gasteiger partial charge in [0.05, 0.1) is 12.2 Å². The fourth-order valence-electron chi connectivity index (χ4n) is 1.53. The summed E-state index contributed by atoms with van der Waals surface area (Å²) in [5.41, 5.74) is 2.37. The molecule has 1 heterocycles. The van der Waals surface area contributed by atoms with Crippen molar-refractivity contribution in [2.45, 2.75) is 19.6 Å². The lowest BCUT2D eigenvalue weighted by atomic mass is 10.2. The molecule has 19 heavy (non-hydrogen) atoms. The Kier molecular flexibility index (Phi) is 5.25. The van der Waals surface area contributed by atoms with Crippen LogP contribution in [0.1, 0.15) is 23.1 Å². The Bertz CT molecular complexity index is 436. The van der Waals surface area contributed by atoms with E-state index in [4.69, 9.17) is 5.84 Å². The highest BCUT2D eigenvalue weighted by atomic mass is 19.4. The van der Waals surface area contributed by atoms with Crippen LogP contribution in [0.5, 0.6) is 0 Å². The number of hydrogen-bond donors (Lipinski definition) is 2. The molecule has 0 atom stereocenters. The predicted octanol–water partition coefficient (Wildman–Crippen LogP) is 1.07. The summed E-state index contributed by atoms with van der Waals surface area (Å²) in [6.45, 7) is 0.858. The first-order chi connectivity index (χ1) is 8.85. The van der Waals surface area contributed by atoms with Gasteiger partial charge >= 0.3 is 6.18 Å². The fourth-order valence-corrected chi connectivity index (χ4v) is 1.53. The fraction of sp³-hybridized carbons (Fsp3) is 0.455. The molecule has 8 heteroatoms. The minimum atomic E-state index is -4.26. The van der Waals surface area contributed by atoms with Crippen molar-refractivity contribution < 1.29 is 18.0 Å². The number of carbonyl (C=O) groups excluding carboxylic acids is 1. The molecule has 0 aliphatic carbocycles. The second-order valence-corrected chi connectivity index (χ2v) is 3.91. The Morgan fingerprint density at radius 2 is 2.16 bits per heavy atom. The molecule has 0 saturated heterocycles. The quantitative estimate of drug-likeness (QED) is 0.479. The van der Waals surface area contributed by atoms with E-state index in [0.717, 1.165) is 0 Å². The number of halogens is 3. The molecule has 0 unspecified atom stereocenters. The Morgan fingerprint density at radius 3 is 2.68 bits per heavy atom. The van der Waals surface area contributed by atoms with E-state index in [1.54, 1.807) is 19.1 Å². The van der Waals surface area contributed by atoms with Gasteiger partial charge in [0.2, 0.25) is 0 Å². The average Bonchev–Trinajstić information content (AvgIpc) is 2.35. The van der Waals surface area contributed by atoms with Crippen molar-refractivity contribution in [1.29, 1.82) is 0 Å². The Balaban J connectivity index is 2.77. The van der Waals surface area contributed by atoms with Gasteiger partial charge in [-0.15, -0.1) is 0 Å². The number of carbonyl (C=O) groups is 1. The van der Waals surface area contributed by atoms with Gasteiger partial charge in [-0.3, -0.25) is 15.1 Å². The van der Waals surface area contributed by atoms with Gasteiger partial charge in [-0.2, -0.15) is 13.2 Å². The van der Waals surface area contributed by atoms with Crippen LogP contribution in [-0.4, -0.2) is 35.1 Å². The molecule has 0 spiro atoms. The van der Waals surface area contributed by atoms with Gasteiger partial charge in [-0.1, -0.05) is 13.0 Å². The summed E-state index contributed by atoms with van der Waals surface area (Å²) in [6.07, 6.45) is -4.26. The van der Waals surface area contributed by atoms with E-state index in [9.17, 15) is 18.0 Å². The van der Waals surface area contributed by atoms with Gasteiger partial charge in [0.25, 0.3) is 5.91 Å². The number of rotatable bonds is 5. The standard InChI is InChI=1S/C11H15F3N4O/c1-2-18(7-11(12,13)14)6-8-4-3-5-9(16-8)10(19)17-15/h3-5H,2,6-7,15H2,1H3,(H,17,19). The molecule has 106 valence electrons. The van der Waals surface area contributed by atoms with Crippen LogP contribution in [-0.2, 0) is 6.54 Å². The van der Waals surface area contributed by atoms with Crippen LogP contribution >= 0.6 is 0 Å². The number of amides is 1. The van der Waals surface area contributed by atoms with Crippen molar-refractivity contribution in [1.82, 2.24) is 15.3 Å². The molecule has 0 bridgehead atoms. The normalized spacial score (nSPS) is 11.7. The van der Waals surface area contributed by atoms with Gasteiger partial charge in [-0.25, -0.2) is 10.8 Å². The lowest BCUT2D eigenvalue weighted by molar-refractivity contribution is -0.146. The van der Waals surface area contributed by atoms with Crippen molar-refractivity contribution >= 4 is 5.91 Å². The zero-order valence-electron chi connectivity index (χ0n) is 10.4. The van der Waals surface area contributed by atoms with Crippen molar-refractivity contribution in [2.24, 2.45) is 5.84 Å². The van der Waals surface area contributed by atoms with Crippen LogP contribution in [0.3, 0.4) is 0 Å². The first-order valence-corrected chi connectivity index (χ1v) is 5.61. The third kappa shape index (κ3) is 5.23. The molecule has 1 amide bonds. The first-order valence-electron chi connectivity index (χ1n) is 5.61. The van der Waals surface area contributed by atoms with Gasteiger partial charge in [0.15, 0.2) is 0 Å². The van der Waals surface area contributed by atoms with Gasteiger partial charge < -0.3 is 0 Å². The van der Waals surface area contributed by atoms with Crippen molar-refractivity contribution in [2.75, 3.05) is 13.1 Å². The molecule has 1 aromatic heterocycles. The largest absolute Gasteiger partial charge is 0.401 e. The van der Waals surface area contributed by atoms with Gasteiger partial charge in [-0.05, 0) is 18.7 Å². The highest BCUT2D eigenvalue weighted by Gasteiger charge is 2.30. The highest BCUT2D eigenvalue weighted by Crippen LogP contribution is 2.17. The third-order valence-electron chi connectivity index (χ3n) is 2.41. The van der Waals surface area contributed by atoms with Crippen molar-refractivity contribution in [3.05, 3.63) is 29.6 Å². The smallest absolute Gasteiger partial charge is 0.289 e. The van der Waals surface area contributed by atoms with E-state index in [0.29, 0.717) is 5.69 Å². The predicted molar refractivity (Wildman–Crippen MR) is 62.9 cm³/mol. The van der Waals surface area contributed by atoms with E-state index in [1.165, 1.54) is 11.0 Å². The number of nitrogens with zero attached hydrogens (tertiary/aromatic N) is 2. The number of hydrazine groups is 1. The van der Waals surface area contributed by atoms with Gasteiger partial charge in [0.1, 0.15) is 5.69 Å². The van der Waals surface area contributed by atoms with E-state index < -0.39 is 18.6 Å². The molecule has 1 rings (SSSR count). The molecule has 0 fully saturated rings. The van der Waals surface area contributed by atoms with Gasteiger partial charge in [0, 0.05) is 6.54 Å². The van der Waals surface area contributed by atoms with Crippen LogP contribution in [0.15, 0.2) is 18.2 Å². The second-order valence-electron chi connectivity index (χ2n) is 3.91. The minimum absolute atomic E-state index is 0.0156. The monoisotopic (exact) mass is 276 g/mol. The summed E-state index contributed by atoms with van der Waals surface area (Å²) in [6, 6.07) is 4.55. The van der Waals surface area contributed by atoms with Crippen LogP contribution in [0.25, 0.3) is 0 Å². The molecular formula is C11H15F3N4O. The summed E-state index contributed by atoms with van der Waals surface area (Å²) in [5, 5.41) is 0. The third-order valence-corrected chi connectivity index (χ3v) is 2.41. The molecule has 0 aliphatic heterocycles. The van der Waals surface area contributed by atoms with Crippen LogP contribution in [0.2, 0.25) is 0 Å². The van der Waals surface area contributed by atoms with E-state index in [1.807, 2.05) is 5.43 Å². The molecule has 0 aliphatic rings. The maximum absolute atomic E-state index is 12.3. The number of pyridine rings is 1. The number of aromatic nitrogens is 1. The molecule has 0 aromatic carbocycles. The molecule has 3 N–H and O–H groups in total. The Hall–Kier alpha value is -1.67. The van der Waals surface area contributed by atoms with E-state index in [-0.39, 0.29) is 18.8 Å². The zero-order valence-corrected chi connectivity index (χ0v) is 10.4. The number of hydrogen-bond acceptors (Lipinski definition) is 4. The second kappa shape index (κ2) is 6.48. The molecular weight excluding hydrogens is 261 g/mol. The summed E-state index contributed by atoms with van der Waals surface area (Å²) in [7, 11) is 0. The van der Waals surface area contributed by atoms with Crippen LogP contribution in [0.4, 0.5) is 13.2 Å². The first kappa shape index (κ1) is 15.4. The zero-order chi connectivity index (χ0) is 14.5. The van der Waals surface area contributed by atoms with Crippen molar-refractivity contribution in [3.8, 4) is 0 Å². The molecule has 1 aromatic rings. The SMILES string of the molecule is CCN(Cc1cccc(C(=O)NN)n1)CC(F)(F)F. The molecule has 5 nitrogen and oxygen atoms in total. The average molecular weight is 276 g/mol. The van der Waals surface area contributed by atoms with E-state index in [2.05, 4.69) is 4.98 Å². The number of nitrogens with one attached hydrogen (secondary N) is 1. The topological polar surface area (TPSA) is 71.2 Å². The van der Waals surface area contributed by atoms with E-state index >= 15 is 0 Å². The summed E-state index contributed by atoms with van der Waals surface area (Å²) in [5.74, 6) is 4.38. The Morgan fingerprint density at radius 1 is 1.47 bits per heavy atom. The minimum Gasteiger partial charge on any atom is -0.289 e. The number of alkyl halides is 3. The maximum Gasteiger partial charge on any atom is 0.401 e. The summed E-state index contributed by atoms with van der Waals surface area (Å²) < 4.78 is 36.9. The highest BCUT2D eigenvalue weighted by molar-refractivity contribution is 5.91. The summed E-state index contributed by atoms with van der Waals surface area (Å²) >= 11 is 0. The summed E-state index contributed by atoms with van der Waals surface area (Å²) in [4.78, 5) is 16.4. The lowest BCUT2D eigenvalue weighted by Gasteiger charge is -2.21. The van der Waals surface area contributed by atoms with Crippen LogP contribution in [0, 0.1) is 0 Å². The number of nitrogens with two attached hydrogens (primary N) is 1. The maximum atomic E-state index is 12.3. The molecule has 0 saturated carbocycles. The van der Waals surface area contributed by atoms with Crippen LogP contribution < -0.4 is 11.3 Å². The lowest BCUT2D eigenvalue weighted by Crippen LogP contribution is -2.34. The number of nitrogen functional groups attached to an aromatic ring is 1. The Labute approximate surface area is 108 Å².